The molecule has 3 nitrogen and oxygen atoms in total. The summed E-state index contributed by atoms with van der Waals surface area (Å²) in [6, 6.07) is 7.63. The van der Waals surface area contributed by atoms with E-state index in [0.717, 1.165) is 11.1 Å². The largest absolute Gasteiger partial charge is 0.481 e. The van der Waals surface area contributed by atoms with Crippen molar-refractivity contribution >= 4 is 5.97 Å². The van der Waals surface area contributed by atoms with Crippen LogP contribution in [-0.4, -0.2) is 16.2 Å². The van der Waals surface area contributed by atoms with Crippen LogP contribution < -0.4 is 0 Å². The van der Waals surface area contributed by atoms with Gasteiger partial charge in [0.15, 0.2) is 0 Å². The fourth-order valence-corrected chi connectivity index (χ4v) is 1.40. The van der Waals surface area contributed by atoms with Crippen molar-refractivity contribution in [2.45, 2.75) is 32.3 Å². The first kappa shape index (κ1) is 11.7. The van der Waals surface area contributed by atoms with Crippen LogP contribution in [0.2, 0.25) is 0 Å². The lowest BCUT2D eigenvalue weighted by Crippen LogP contribution is -2.00. The molecule has 0 saturated carbocycles. The summed E-state index contributed by atoms with van der Waals surface area (Å²) in [5.41, 5.74) is 2.00. The molecule has 0 radical (unpaired) electrons. The molecule has 0 spiro atoms. The van der Waals surface area contributed by atoms with E-state index >= 15 is 0 Å². The van der Waals surface area contributed by atoms with Crippen LogP contribution in [0, 0.1) is 6.92 Å². The fraction of sp³-hybridized carbons (Fsp3) is 0.417. The summed E-state index contributed by atoms with van der Waals surface area (Å²) in [6.45, 7) is 1.99. The number of hydrogen-bond donors (Lipinski definition) is 2. The van der Waals surface area contributed by atoms with Crippen LogP contribution in [0.5, 0.6) is 0 Å². The van der Waals surface area contributed by atoms with Crippen molar-refractivity contribution in [3.05, 3.63) is 35.4 Å². The van der Waals surface area contributed by atoms with E-state index in [0.29, 0.717) is 12.8 Å². The first-order valence-corrected chi connectivity index (χ1v) is 5.06. The Morgan fingerprint density at radius 2 is 1.93 bits per heavy atom. The molecule has 0 aliphatic heterocycles. The summed E-state index contributed by atoms with van der Waals surface area (Å²) < 4.78 is 0. The second kappa shape index (κ2) is 5.51. The summed E-state index contributed by atoms with van der Waals surface area (Å²) >= 11 is 0. The second-order valence-corrected chi connectivity index (χ2v) is 3.71. The van der Waals surface area contributed by atoms with Gasteiger partial charge in [-0.2, -0.15) is 0 Å². The van der Waals surface area contributed by atoms with Gasteiger partial charge in [0.1, 0.15) is 0 Å². The predicted octanol–water partition coefficient (Wildman–Crippen LogP) is 2.28. The zero-order valence-electron chi connectivity index (χ0n) is 8.81. The number of benzene rings is 1. The van der Waals surface area contributed by atoms with Crippen LogP contribution in [0.15, 0.2) is 24.3 Å². The highest BCUT2D eigenvalue weighted by atomic mass is 16.4. The van der Waals surface area contributed by atoms with E-state index in [-0.39, 0.29) is 6.42 Å². The minimum Gasteiger partial charge on any atom is -0.481 e. The minimum atomic E-state index is -0.814. The summed E-state index contributed by atoms with van der Waals surface area (Å²) in [6.07, 6.45) is 0.563. The van der Waals surface area contributed by atoms with Crippen molar-refractivity contribution < 1.29 is 15.0 Å². The Morgan fingerprint density at radius 1 is 1.33 bits per heavy atom. The van der Waals surface area contributed by atoms with E-state index in [1.54, 1.807) is 0 Å². The van der Waals surface area contributed by atoms with E-state index in [1.165, 1.54) is 0 Å². The molecule has 0 aliphatic carbocycles. The molecule has 1 atom stereocenters. The number of aryl methyl sites for hydroxylation is 1. The Bertz CT molecular complexity index is 316. The number of carboxylic acid groups (broad SMARTS) is 1. The maximum atomic E-state index is 10.3. The number of aliphatic carboxylic acids is 1. The highest BCUT2D eigenvalue weighted by Gasteiger charge is 2.07. The molecular formula is C12H16O3. The van der Waals surface area contributed by atoms with Gasteiger partial charge >= 0.3 is 5.97 Å². The summed E-state index contributed by atoms with van der Waals surface area (Å²) in [7, 11) is 0. The maximum absolute atomic E-state index is 10.3. The van der Waals surface area contributed by atoms with Gasteiger partial charge in [-0.05, 0) is 25.3 Å². The SMILES string of the molecule is Cc1ccc(C(O)CCCC(=O)O)cc1. The highest BCUT2D eigenvalue weighted by molar-refractivity contribution is 5.66. The normalized spacial score (nSPS) is 12.4. The van der Waals surface area contributed by atoms with Gasteiger partial charge < -0.3 is 10.2 Å². The molecule has 1 aromatic carbocycles. The smallest absolute Gasteiger partial charge is 0.303 e. The topological polar surface area (TPSA) is 57.5 Å². The second-order valence-electron chi connectivity index (χ2n) is 3.71. The molecule has 1 rings (SSSR count). The number of hydrogen-bond acceptors (Lipinski definition) is 2. The van der Waals surface area contributed by atoms with Crippen molar-refractivity contribution in [1.82, 2.24) is 0 Å². The molecule has 15 heavy (non-hydrogen) atoms. The number of aliphatic hydroxyl groups is 1. The molecule has 3 heteroatoms. The number of rotatable bonds is 5. The average molecular weight is 208 g/mol. The number of aliphatic hydroxyl groups excluding tert-OH is 1. The Morgan fingerprint density at radius 3 is 2.47 bits per heavy atom. The Labute approximate surface area is 89.4 Å². The molecule has 0 aliphatic rings. The highest BCUT2D eigenvalue weighted by Crippen LogP contribution is 2.19. The first-order valence-electron chi connectivity index (χ1n) is 5.06. The van der Waals surface area contributed by atoms with E-state index in [2.05, 4.69) is 0 Å². The van der Waals surface area contributed by atoms with Crippen molar-refractivity contribution in [1.29, 1.82) is 0 Å². The predicted molar refractivity (Wildman–Crippen MR) is 57.6 cm³/mol. The molecule has 1 aromatic rings. The van der Waals surface area contributed by atoms with E-state index in [4.69, 9.17) is 5.11 Å². The standard InChI is InChI=1S/C12H16O3/c1-9-5-7-10(8-6-9)11(13)3-2-4-12(14)15/h5-8,11,13H,2-4H2,1H3,(H,14,15). The molecule has 1 unspecified atom stereocenters. The monoisotopic (exact) mass is 208 g/mol. The Kier molecular flexibility index (Phi) is 4.31. The average Bonchev–Trinajstić information content (AvgIpc) is 2.18. The van der Waals surface area contributed by atoms with Gasteiger partial charge in [0, 0.05) is 6.42 Å². The van der Waals surface area contributed by atoms with Gasteiger partial charge in [-0.3, -0.25) is 4.79 Å². The molecule has 0 heterocycles. The molecule has 0 amide bonds. The molecule has 82 valence electrons. The third kappa shape index (κ3) is 4.13. The molecule has 0 aromatic heterocycles. The quantitative estimate of drug-likeness (QED) is 0.780. The lowest BCUT2D eigenvalue weighted by Gasteiger charge is -2.10. The van der Waals surface area contributed by atoms with Crippen molar-refractivity contribution in [3.8, 4) is 0 Å². The van der Waals surface area contributed by atoms with E-state index in [9.17, 15) is 9.90 Å². The van der Waals surface area contributed by atoms with Crippen LogP contribution in [0.25, 0.3) is 0 Å². The van der Waals surface area contributed by atoms with Crippen LogP contribution in [-0.2, 0) is 4.79 Å². The number of carboxylic acids is 1. The summed E-state index contributed by atoms with van der Waals surface area (Å²) in [5.74, 6) is -0.814. The van der Waals surface area contributed by atoms with Crippen molar-refractivity contribution in [2.24, 2.45) is 0 Å². The zero-order chi connectivity index (χ0) is 11.3. The van der Waals surface area contributed by atoms with Gasteiger partial charge in [-0.25, -0.2) is 0 Å². The summed E-state index contributed by atoms with van der Waals surface area (Å²) in [4.78, 5) is 10.3. The van der Waals surface area contributed by atoms with Gasteiger partial charge in [-0.1, -0.05) is 29.8 Å². The van der Waals surface area contributed by atoms with E-state index in [1.807, 2.05) is 31.2 Å². The fourth-order valence-electron chi connectivity index (χ4n) is 1.40. The van der Waals surface area contributed by atoms with Crippen molar-refractivity contribution in [3.63, 3.8) is 0 Å². The minimum absolute atomic E-state index is 0.114. The van der Waals surface area contributed by atoms with Gasteiger partial charge in [0.2, 0.25) is 0 Å². The molecule has 0 bridgehead atoms. The van der Waals surface area contributed by atoms with E-state index < -0.39 is 12.1 Å². The van der Waals surface area contributed by atoms with Gasteiger partial charge in [0.25, 0.3) is 0 Å². The molecule has 0 saturated heterocycles. The van der Waals surface area contributed by atoms with Crippen LogP contribution in [0.1, 0.15) is 36.5 Å². The third-order valence-corrected chi connectivity index (χ3v) is 2.33. The summed E-state index contributed by atoms with van der Waals surface area (Å²) in [5, 5.41) is 18.2. The Hall–Kier alpha value is -1.35. The van der Waals surface area contributed by atoms with Gasteiger partial charge in [-0.15, -0.1) is 0 Å². The lowest BCUT2D eigenvalue weighted by atomic mass is 10.0. The maximum Gasteiger partial charge on any atom is 0.303 e. The Balaban J connectivity index is 2.43. The lowest BCUT2D eigenvalue weighted by molar-refractivity contribution is -0.137. The van der Waals surface area contributed by atoms with Crippen LogP contribution >= 0.6 is 0 Å². The van der Waals surface area contributed by atoms with Crippen LogP contribution in [0.4, 0.5) is 0 Å². The third-order valence-electron chi connectivity index (χ3n) is 2.33. The first-order chi connectivity index (χ1) is 7.09. The number of carbonyl (C=O) groups is 1. The van der Waals surface area contributed by atoms with Crippen molar-refractivity contribution in [2.75, 3.05) is 0 Å². The van der Waals surface area contributed by atoms with Crippen LogP contribution in [0.3, 0.4) is 0 Å². The van der Waals surface area contributed by atoms with Gasteiger partial charge in [0.05, 0.1) is 6.10 Å². The molecule has 2 N–H and O–H groups in total. The molecule has 0 fully saturated rings. The molecular weight excluding hydrogens is 192 g/mol. The zero-order valence-corrected chi connectivity index (χ0v) is 8.81.